The van der Waals surface area contributed by atoms with Crippen molar-refractivity contribution >= 4 is 0 Å². The second-order valence-corrected chi connectivity index (χ2v) is 3.68. The molecular weight excluding hydrogens is 203 g/mol. The van der Waals surface area contributed by atoms with Crippen molar-refractivity contribution in [3.05, 3.63) is 59.9 Å². The van der Waals surface area contributed by atoms with Crippen molar-refractivity contribution in [2.45, 2.75) is 6.42 Å². The molecule has 0 unspecified atom stereocenters. The quantitative estimate of drug-likeness (QED) is 0.836. The molecule has 0 spiro atoms. The molecule has 82 valence electrons. The minimum Gasteiger partial charge on any atom is -0.396 e. The van der Waals surface area contributed by atoms with Gasteiger partial charge >= 0.3 is 0 Å². The van der Waals surface area contributed by atoms with Gasteiger partial charge in [-0.25, -0.2) is 4.39 Å². The maximum Gasteiger partial charge on any atom is 0.123 e. The van der Waals surface area contributed by atoms with E-state index in [4.69, 9.17) is 5.11 Å². The summed E-state index contributed by atoms with van der Waals surface area (Å²) in [6.45, 7) is 0.132. The zero-order chi connectivity index (χ0) is 11.4. The molecule has 0 bridgehead atoms. The van der Waals surface area contributed by atoms with Gasteiger partial charge < -0.3 is 5.11 Å². The van der Waals surface area contributed by atoms with Gasteiger partial charge in [0.15, 0.2) is 0 Å². The van der Waals surface area contributed by atoms with E-state index in [-0.39, 0.29) is 12.4 Å². The molecule has 0 saturated heterocycles. The molecule has 2 aromatic carbocycles. The van der Waals surface area contributed by atoms with Gasteiger partial charge in [-0.15, -0.1) is 0 Å². The molecule has 2 aromatic rings. The van der Waals surface area contributed by atoms with Crippen molar-refractivity contribution in [3.63, 3.8) is 0 Å². The molecule has 0 aliphatic rings. The summed E-state index contributed by atoms with van der Waals surface area (Å²) in [7, 11) is 0. The molecule has 2 heteroatoms. The maximum absolute atomic E-state index is 13.1. The summed E-state index contributed by atoms with van der Waals surface area (Å²) >= 11 is 0. The lowest BCUT2D eigenvalue weighted by Crippen LogP contribution is -1.90. The van der Waals surface area contributed by atoms with E-state index < -0.39 is 0 Å². The summed E-state index contributed by atoms with van der Waals surface area (Å²) in [4.78, 5) is 0. The van der Waals surface area contributed by atoms with Crippen LogP contribution in [0.1, 0.15) is 5.56 Å². The van der Waals surface area contributed by atoms with Crippen LogP contribution >= 0.6 is 0 Å². The second-order valence-electron chi connectivity index (χ2n) is 3.68. The third-order valence-corrected chi connectivity index (χ3v) is 2.49. The van der Waals surface area contributed by atoms with Crippen LogP contribution in [-0.4, -0.2) is 11.7 Å². The van der Waals surface area contributed by atoms with Gasteiger partial charge in [-0.05, 0) is 35.2 Å². The van der Waals surface area contributed by atoms with Gasteiger partial charge in [-0.3, -0.25) is 0 Å². The van der Waals surface area contributed by atoms with Crippen LogP contribution < -0.4 is 0 Å². The summed E-state index contributed by atoms with van der Waals surface area (Å²) < 4.78 is 13.1. The fraction of sp³-hybridized carbons (Fsp3) is 0.143. The molecule has 0 aromatic heterocycles. The molecule has 0 fully saturated rings. The number of rotatable bonds is 3. The SMILES string of the molecule is OCCc1cccc(-c2cccc(F)c2)c1. The molecule has 0 heterocycles. The van der Waals surface area contributed by atoms with E-state index in [0.717, 1.165) is 16.7 Å². The third-order valence-electron chi connectivity index (χ3n) is 2.49. The molecule has 0 aliphatic heterocycles. The average molecular weight is 216 g/mol. The van der Waals surface area contributed by atoms with E-state index in [9.17, 15) is 4.39 Å². The number of halogens is 1. The van der Waals surface area contributed by atoms with Crippen molar-refractivity contribution in [1.82, 2.24) is 0 Å². The van der Waals surface area contributed by atoms with Crippen LogP contribution in [0.2, 0.25) is 0 Å². The normalized spacial score (nSPS) is 10.4. The van der Waals surface area contributed by atoms with Crippen LogP contribution in [0.4, 0.5) is 4.39 Å². The lowest BCUT2D eigenvalue weighted by atomic mass is 10.0. The average Bonchev–Trinajstić information content (AvgIpc) is 2.30. The first-order valence-electron chi connectivity index (χ1n) is 5.25. The van der Waals surface area contributed by atoms with Crippen LogP contribution in [0, 0.1) is 5.82 Å². The lowest BCUT2D eigenvalue weighted by molar-refractivity contribution is 0.299. The number of aliphatic hydroxyl groups excluding tert-OH is 1. The number of aliphatic hydroxyl groups is 1. The fourth-order valence-electron chi connectivity index (χ4n) is 1.70. The Balaban J connectivity index is 2.36. The summed E-state index contributed by atoms with van der Waals surface area (Å²) in [6, 6.07) is 14.3. The topological polar surface area (TPSA) is 20.2 Å². The Morgan fingerprint density at radius 3 is 2.31 bits per heavy atom. The van der Waals surface area contributed by atoms with Gasteiger partial charge in [-0.1, -0.05) is 36.4 Å². The van der Waals surface area contributed by atoms with E-state index in [1.165, 1.54) is 12.1 Å². The van der Waals surface area contributed by atoms with E-state index >= 15 is 0 Å². The Morgan fingerprint density at radius 2 is 1.62 bits per heavy atom. The number of hydrogen-bond acceptors (Lipinski definition) is 1. The van der Waals surface area contributed by atoms with Crippen molar-refractivity contribution < 1.29 is 9.50 Å². The Bertz CT molecular complexity index is 480. The van der Waals surface area contributed by atoms with Gasteiger partial charge in [0.2, 0.25) is 0 Å². The highest BCUT2D eigenvalue weighted by Crippen LogP contribution is 2.21. The minimum atomic E-state index is -0.231. The first-order valence-corrected chi connectivity index (χ1v) is 5.25. The molecule has 0 saturated carbocycles. The monoisotopic (exact) mass is 216 g/mol. The highest BCUT2D eigenvalue weighted by atomic mass is 19.1. The van der Waals surface area contributed by atoms with Crippen LogP contribution in [0.3, 0.4) is 0 Å². The summed E-state index contributed by atoms with van der Waals surface area (Å²) in [5.41, 5.74) is 2.90. The third kappa shape index (κ3) is 2.47. The van der Waals surface area contributed by atoms with Crippen LogP contribution in [0.25, 0.3) is 11.1 Å². The molecular formula is C14H13FO. The van der Waals surface area contributed by atoms with Gasteiger partial charge in [0.1, 0.15) is 5.82 Å². The Labute approximate surface area is 94.2 Å². The van der Waals surface area contributed by atoms with Crippen molar-refractivity contribution in [2.75, 3.05) is 6.61 Å². The van der Waals surface area contributed by atoms with Gasteiger partial charge in [-0.2, -0.15) is 0 Å². The number of hydrogen-bond donors (Lipinski definition) is 1. The van der Waals surface area contributed by atoms with E-state index in [2.05, 4.69) is 0 Å². The summed E-state index contributed by atoms with van der Waals surface area (Å²) in [5, 5.41) is 8.87. The molecule has 0 atom stereocenters. The Hall–Kier alpha value is -1.67. The predicted octanol–water partition coefficient (Wildman–Crippen LogP) is 3.03. The Morgan fingerprint density at radius 1 is 0.938 bits per heavy atom. The van der Waals surface area contributed by atoms with Crippen molar-refractivity contribution in [1.29, 1.82) is 0 Å². The van der Waals surface area contributed by atoms with E-state index in [1.807, 2.05) is 30.3 Å². The van der Waals surface area contributed by atoms with Crippen molar-refractivity contribution in [3.8, 4) is 11.1 Å². The van der Waals surface area contributed by atoms with Crippen LogP contribution in [0.15, 0.2) is 48.5 Å². The lowest BCUT2D eigenvalue weighted by Gasteiger charge is -2.04. The fourth-order valence-corrected chi connectivity index (χ4v) is 1.70. The standard InChI is InChI=1S/C14H13FO/c15-14-6-2-5-13(10-14)12-4-1-3-11(9-12)7-8-16/h1-6,9-10,16H,7-8H2. The highest BCUT2D eigenvalue weighted by Gasteiger charge is 2.00. The minimum absolute atomic E-state index is 0.132. The molecule has 0 aliphatic carbocycles. The van der Waals surface area contributed by atoms with Gasteiger partial charge in [0.25, 0.3) is 0 Å². The predicted molar refractivity (Wildman–Crippen MR) is 62.6 cm³/mol. The maximum atomic E-state index is 13.1. The summed E-state index contributed by atoms with van der Waals surface area (Å²) in [5.74, 6) is -0.231. The molecule has 2 rings (SSSR count). The first kappa shape index (κ1) is 10.8. The summed E-state index contributed by atoms with van der Waals surface area (Å²) in [6.07, 6.45) is 0.628. The molecule has 16 heavy (non-hydrogen) atoms. The first-order chi connectivity index (χ1) is 7.79. The Kier molecular flexibility index (Phi) is 3.32. The highest BCUT2D eigenvalue weighted by molar-refractivity contribution is 5.64. The smallest absolute Gasteiger partial charge is 0.123 e. The van der Waals surface area contributed by atoms with Crippen LogP contribution in [-0.2, 0) is 6.42 Å². The van der Waals surface area contributed by atoms with E-state index in [0.29, 0.717) is 6.42 Å². The number of benzene rings is 2. The van der Waals surface area contributed by atoms with Gasteiger partial charge in [0.05, 0.1) is 0 Å². The zero-order valence-corrected chi connectivity index (χ0v) is 8.86. The van der Waals surface area contributed by atoms with Gasteiger partial charge in [0, 0.05) is 6.61 Å². The van der Waals surface area contributed by atoms with E-state index in [1.54, 1.807) is 6.07 Å². The van der Waals surface area contributed by atoms with Crippen molar-refractivity contribution in [2.24, 2.45) is 0 Å². The largest absolute Gasteiger partial charge is 0.396 e. The zero-order valence-electron chi connectivity index (χ0n) is 8.86. The molecule has 0 radical (unpaired) electrons. The molecule has 1 nitrogen and oxygen atoms in total. The molecule has 0 amide bonds. The molecule has 1 N–H and O–H groups in total. The second kappa shape index (κ2) is 4.90. The van der Waals surface area contributed by atoms with Crippen LogP contribution in [0.5, 0.6) is 0 Å².